The summed E-state index contributed by atoms with van der Waals surface area (Å²) < 4.78 is 10.2. The van der Waals surface area contributed by atoms with Crippen LogP contribution < -0.4 is 5.32 Å². The van der Waals surface area contributed by atoms with E-state index in [0.29, 0.717) is 32.9 Å². The number of thioether (sulfide) groups is 1. The lowest BCUT2D eigenvalue weighted by Crippen LogP contribution is -2.41. The molecule has 8 heteroatoms. The Morgan fingerprint density at radius 2 is 1.89 bits per heavy atom. The summed E-state index contributed by atoms with van der Waals surface area (Å²) in [6.45, 7) is 4.36. The molecule has 0 spiro atoms. The molecule has 1 heterocycles. The number of carbonyl (C=O) groups is 3. The van der Waals surface area contributed by atoms with Crippen LogP contribution in [-0.2, 0) is 23.9 Å². The summed E-state index contributed by atoms with van der Waals surface area (Å²) in [4.78, 5) is 38.0. The number of ether oxygens (including phenoxy) is 2. The number of carbonyl (C=O) groups excluding carboxylic acids is 3. The van der Waals surface area contributed by atoms with Crippen LogP contribution in [-0.4, -0.2) is 67.1 Å². The van der Waals surface area contributed by atoms with Crippen LogP contribution in [0.5, 0.6) is 0 Å². The molecule has 1 N–H and O–H groups in total. The van der Waals surface area contributed by atoms with Gasteiger partial charge in [0.05, 0.1) is 43.8 Å². The van der Waals surface area contributed by atoms with Crippen molar-refractivity contribution in [2.75, 3.05) is 44.4 Å². The first-order valence-electron chi connectivity index (χ1n) is 9.03. The van der Waals surface area contributed by atoms with E-state index in [2.05, 4.69) is 5.32 Å². The Bertz CT molecular complexity index is 620. The van der Waals surface area contributed by atoms with Gasteiger partial charge in [0.1, 0.15) is 0 Å². The van der Waals surface area contributed by atoms with Gasteiger partial charge in [0, 0.05) is 13.1 Å². The molecule has 0 radical (unpaired) electrons. The highest BCUT2D eigenvalue weighted by atomic mass is 32.2. The van der Waals surface area contributed by atoms with Crippen LogP contribution in [0.1, 0.15) is 24.9 Å². The van der Waals surface area contributed by atoms with Crippen LogP contribution in [0.25, 0.3) is 0 Å². The minimum absolute atomic E-state index is 0.0160. The highest BCUT2D eigenvalue weighted by molar-refractivity contribution is 8.00. The van der Waals surface area contributed by atoms with Gasteiger partial charge >= 0.3 is 5.97 Å². The lowest BCUT2D eigenvalue weighted by atomic mass is 10.0. The van der Waals surface area contributed by atoms with Crippen molar-refractivity contribution < 1.29 is 23.9 Å². The van der Waals surface area contributed by atoms with E-state index in [1.165, 1.54) is 11.8 Å². The summed E-state index contributed by atoms with van der Waals surface area (Å²) in [6.07, 6.45) is 0.0704. The van der Waals surface area contributed by atoms with Crippen molar-refractivity contribution in [1.82, 2.24) is 10.2 Å². The normalized spacial score (nSPS) is 15.1. The summed E-state index contributed by atoms with van der Waals surface area (Å²) >= 11 is 1.27. The number of nitrogens with zero attached hydrogens (tertiary/aromatic N) is 1. The lowest BCUT2D eigenvalue weighted by Gasteiger charge is -2.26. The fraction of sp³-hybridized carbons (Fsp3) is 0.526. The molecule has 148 valence electrons. The zero-order valence-corrected chi connectivity index (χ0v) is 16.3. The number of rotatable bonds is 9. The Hall–Kier alpha value is -2.06. The molecule has 1 aromatic carbocycles. The van der Waals surface area contributed by atoms with E-state index < -0.39 is 6.04 Å². The van der Waals surface area contributed by atoms with Crippen molar-refractivity contribution in [2.24, 2.45) is 0 Å². The SMILES string of the molecule is CCOC(=O)CC(NC(=O)CSCC(=O)N1CCOCC1)c1ccccc1. The van der Waals surface area contributed by atoms with Gasteiger partial charge in [-0.05, 0) is 12.5 Å². The highest BCUT2D eigenvalue weighted by Gasteiger charge is 2.20. The molecule has 0 aromatic heterocycles. The number of amides is 2. The largest absolute Gasteiger partial charge is 0.466 e. The molecule has 1 atom stereocenters. The molecular formula is C19H26N2O5S. The van der Waals surface area contributed by atoms with E-state index >= 15 is 0 Å². The third-order valence-corrected chi connectivity index (χ3v) is 4.95. The second kappa shape index (κ2) is 11.6. The van der Waals surface area contributed by atoms with Crippen molar-refractivity contribution in [3.05, 3.63) is 35.9 Å². The number of benzene rings is 1. The second-order valence-electron chi connectivity index (χ2n) is 6.03. The maximum Gasteiger partial charge on any atom is 0.308 e. The van der Waals surface area contributed by atoms with Gasteiger partial charge in [-0.15, -0.1) is 11.8 Å². The molecular weight excluding hydrogens is 368 g/mol. The van der Waals surface area contributed by atoms with E-state index in [0.717, 1.165) is 5.56 Å². The Kier molecular flexibility index (Phi) is 9.13. The first-order valence-corrected chi connectivity index (χ1v) is 10.2. The number of hydrogen-bond donors (Lipinski definition) is 1. The molecule has 0 bridgehead atoms. The summed E-state index contributed by atoms with van der Waals surface area (Å²) in [5.74, 6) is -0.152. The fourth-order valence-electron chi connectivity index (χ4n) is 2.70. The van der Waals surface area contributed by atoms with Gasteiger partial charge in [0.25, 0.3) is 0 Å². The zero-order chi connectivity index (χ0) is 19.5. The maximum absolute atomic E-state index is 12.3. The molecule has 7 nitrogen and oxygen atoms in total. The highest BCUT2D eigenvalue weighted by Crippen LogP contribution is 2.18. The van der Waals surface area contributed by atoms with Crippen LogP contribution >= 0.6 is 11.8 Å². The fourth-order valence-corrected chi connectivity index (χ4v) is 3.42. The molecule has 1 saturated heterocycles. The monoisotopic (exact) mass is 394 g/mol. The van der Waals surface area contributed by atoms with Crippen molar-refractivity contribution in [3.8, 4) is 0 Å². The topological polar surface area (TPSA) is 84.9 Å². The molecule has 0 aliphatic carbocycles. The summed E-state index contributed by atoms with van der Waals surface area (Å²) in [6, 6.07) is 8.86. The Labute approximate surface area is 163 Å². The lowest BCUT2D eigenvalue weighted by molar-refractivity contribution is -0.143. The number of esters is 1. The van der Waals surface area contributed by atoms with Crippen molar-refractivity contribution in [2.45, 2.75) is 19.4 Å². The van der Waals surface area contributed by atoms with E-state index in [-0.39, 0.29) is 35.7 Å². The summed E-state index contributed by atoms with van der Waals surface area (Å²) in [5, 5.41) is 2.87. The predicted octanol–water partition coefficient (Wildman–Crippen LogP) is 1.39. The number of nitrogens with one attached hydrogen (secondary N) is 1. The van der Waals surface area contributed by atoms with Crippen molar-refractivity contribution in [3.63, 3.8) is 0 Å². The standard InChI is InChI=1S/C19H26N2O5S/c1-2-26-19(24)12-16(15-6-4-3-5-7-15)20-17(22)13-27-14-18(23)21-8-10-25-11-9-21/h3-7,16H,2,8-14H2,1H3,(H,20,22). The summed E-state index contributed by atoms with van der Waals surface area (Å²) in [5.41, 5.74) is 0.841. The molecule has 2 amide bonds. The first-order chi connectivity index (χ1) is 13.1. The van der Waals surface area contributed by atoms with Gasteiger partial charge in [-0.1, -0.05) is 30.3 Å². The molecule has 1 aliphatic heterocycles. The molecule has 27 heavy (non-hydrogen) atoms. The average Bonchev–Trinajstić information content (AvgIpc) is 2.69. The van der Waals surface area contributed by atoms with Gasteiger partial charge in [-0.3, -0.25) is 14.4 Å². The van der Waals surface area contributed by atoms with E-state index in [4.69, 9.17) is 9.47 Å². The minimum Gasteiger partial charge on any atom is -0.466 e. The third-order valence-electron chi connectivity index (χ3n) is 4.04. The molecule has 1 aromatic rings. The molecule has 1 fully saturated rings. The van der Waals surface area contributed by atoms with Crippen LogP contribution in [0, 0.1) is 0 Å². The van der Waals surface area contributed by atoms with Crippen molar-refractivity contribution >= 4 is 29.5 Å². The minimum atomic E-state index is -0.451. The Morgan fingerprint density at radius 1 is 1.19 bits per heavy atom. The van der Waals surface area contributed by atoms with Gasteiger partial charge in [0.2, 0.25) is 11.8 Å². The van der Waals surface area contributed by atoms with Gasteiger partial charge < -0.3 is 19.7 Å². The van der Waals surface area contributed by atoms with Gasteiger partial charge in [-0.25, -0.2) is 0 Å². The van der Waals surface area contributed by atoms with E-state index in [1.54, 1.807) is 11.8 Å². The quantitative estimate of drug-likeness (QED) is 0.637. The number of morpholine rings is 1. The van der Waals surface area contributed by atoms with Crippen molar-refractivity contribution in [1.29, 1.82) is 0 Å². The third kappa shape index (κ3) is 7.60. The van der Waals surface area contributed by atoms with Crippen LogP contribution in [0.2, 0.25) is 0 Å². The summed E-state index contributed by atoms with van der Waals surface area (Å²) in [7, 11) is 0. The molecule has 0 saturated carbocycles. The second-order valence-corrected chi connectivity index (χ2v) is 7.01. The Balaban J connectivity index is 1.81. The van der Waals surface area contributed by atoms with E-state index in [1.807, 2.05) is 30.3 Å². The average molecular weight is 394 g/mol. The van der Waals surface area contributed by atoms with Gasteiger partial charge in [0.15, 0.2) is 0 Å². The molecule has 1 unspecified atom stereocenters. The first kappa shape index (κ1) is 21.2. The van der Waals surface area contributed by atoms with E-state index in [9.17, 15) is 14.4 Å². The molecule has 2 rings (SSSR count). The smallest absolute Gasteiger partial charge is 0.308 e. The predicted molar refractivity (Wildman–Crippen MR) is 103 cm³/mol. The zero-order valence-electron chi connectivity index (χ0n) is 15.5. The number of hydrogen-bond acceptors (Lipinski definition) is 6. The van der Waals surface area contributed by atoms with Crippen LogP contribution in [0.3, 0.4) is 0 Å². The van der Waals surface area contributed by atoms with Crippen LogP contribution in [0.15, 0.2) is 30.3 Å². The Morgan fingerprint density at radius 3 is 2.56 bits per heavy atom. The van der Waals surface area contributed by atoms with Gasteiger partial charge in [-0.2, -0.15) is 0 Å². The van der Waals surface area contributed by atoms with Crippen LogP contribution in [0.4, 0.5) is 0 Å². The maximum atomic E-state index is 12.3. The molecule has 1 aliphatic rings.